The molecular weight excluding hydrogens is 224 g/mol. The SMILES string of the molecule is COc1ccc(NC2CCOC2)c([N+](=O)[O-])c1. The molecule has 1 aromatic carbocycles. The molecule has 6 nitrogen and oxygen atoms in total. The summed E-state index contributed by atoms with van der Waals surface area (Å²) in [5, 5.41) is 14.1. The largest absolute Gasteiger partial charge is 0.496 e. The van der Waals surface area contributed by atoms with Gasteiger partial charge in [-0.2, -0.15) is 0 Å². The van der Waals surface area contributed by atoms with Crippen LogP contribution in [0.25, 0.3) is 0 Å². The van der Waals surface area contributed by atoms with E-state index in [1.807, 2.05) is 0 Å². The molecule has 1 unspecified atom stereocenters. The van der Waals surface area contributed by atoms with Gasteiger partial charge in [0.25, 0.3) is 5.69 Å². The van der Waals surface area contributed by atoms with Crippen molar-refractivity contribution in [2.24, 2.45) is 0 Å². The number of nitro groups is 1. The molecule has 0 bridgehead atoms. The molecule has 0 aromatic heterocycles. The van der Waals surface area contributed by atoms with Crippen molar-refractivity contribution in [3.05, 3.63) is 28.3 Å². The van der Waals surface area contributed by atoms with Crippen molar-refractivity contribution >= 4 is 11.4 Å². The van der Waals surface area contributed by atoms with E-state index in [4.69, 9.17) is 9.47 Å². The Morgan fingerprint density at radius 3 is 3.00 bits per heavy atom. The minimum absolute atomic E-state index is 0.0243. The van der Waals surface area contributed by atoms with Gasteiger partial charge in [-0.15, -0.1) is 0 Å². The lowest BCUT2D eigenvalue weighted by Crippen LogP contribution is -2.19. The minimum Gasteiger partial charge on any atom is -0.496 e. The van der Waals surface area contributed by atoms with Crippen molar-refractivity contribution in [2.75, 3.05) is 25.6 Å². The van der Waals surface area contributed by atoms with Gasteiger partial charge >= 0.3 is 0 Å². The summed E-state index contributed by atoms with van der Waals surface area (Å²) < 4.78 is 10.2. The third kappa shape index (κ3) is 2.65. The number of nitro benzene ring substituents is 1. The number of nitrogens with one attached hydrogen (secondary N) is 1. The number of hydrogen-bond acceptors (Lipinski definition) is 5. The average Bonchev–Trinajstić information content (AvgIpc) is 2.82. The lowest BCUT2D eigenvalue weighted by Gasteiger charge is -2.12. The van der Waals surface area contributed by atoms with Crippen LogP contribution in [0.5, 0.6) is 5.75 Å². The third-order valence-electron chi connectivity index (χ3n) is 2.69. The highest BCUT2D eigenvalue weighted by Crippen LogP contribution is 2.30. The molecule has 1 saturated heterocycles. The Morgan fingerprint density at radius 2 is 2.41 bits per heavy atom. The summed E-state index contributed by atoms with van der Waals surface area (Å²) in [6.07, 6.45) is 0.864. The van der Waals surface area contributed by atoms with Crippen LogP contribution in [-0.4, -0.2) is 31.3 Å². The van der Waals surface area contributed by atoms with Crippen LogP contribution in [0.15, 0.2) is 18.2 Å². The second-order valence-electron chi connectivity index (χ2n) is 3.85. The van der Waals surface area contributed by atoms with E-state index in [-0.39, 0.29) is 11.7 Å². The van der Waals surface area contributed by atoms with Gasteiger partial charge in [0.2, 0.25) is 0 Å². The van der Waals surface area contributed by atoms with Gasteiger partial charge in [-0.3, -0.25) is 10.1 Å². The standard InChI is InChI=1S/C11H14N2O4/c1-16-9-2-3-10(11(6-9)13(14)15)12-8-4-5-17-7-8/h2-3,6,8,12H,4-5,7H2,1H3. The van der Waals surface area contributed by atoms with Gasteiger partial charge in [-0.25, -0.2) is 0 Å². The molecule has 1 heterocycles. The number of hydrogen-bond donors (Lipinski definition) is 1. The van der Waals surface area contributed by atoms with Crippen LogP contribution in [-0.2, 0) is 4.74 Å². The smallest absolute Gasteiger partial charge is 0.296 e. The molecule has 1 atom stereocenters. The van der Waals surface area contributed by atoms with Crippen LogP contribution in [0.3, 0.4) is 0 Å². The first-order valence-corrected chi connectivity index (χ1v) is 5.37. The topological polar surface area (TPSA) is 73.6 Å². The Bertz CT molecular complexity index is 416. The first kappa shape index (κ1) is 11.7. The molecule has 0 spiro atoms. The molecule has 17 heavy (non-hydrogen) atoms. The van der Waals surface area contributed by atoms with Crippen LogP contribution in [0.1, 0.15) is 6.42 Å². The third-order valence-corrected chi connectivity index (χ3v) is 2.69. The summed E-state index contributed by atoms with van der Waals surface area (Å²) in [6, 6.07) is 4.92. The Kier molecular flexibility index (Phi) is 3.43. The molecule has 1 fully saturated rings. The Hall–Kier alpha value is -1.82. The molecule has 6 heteroatoms. The normalized spacial score (nSPS) is 19.0. The molecule has 1 aliphatic heterocycles. The summed E-state index contributed by atoms with van der Waals surface area (Å²) in [5.41, 5.74) is 0.530. The zero-order chi connectivity index (χ0) is 12.3. The number of anilines is 1. The van der Waals surface area contributed by atoms with Crippen molar-refractivity contribution < 1.29 is 14.4 Å². The summed E-state index contributed by atoms with van der Waals surface area (Å²) >= 11 is 0. The fourth-order valence-corrected chi connectivity index (χ4v) is 1.78. The molecular formula is C11H14N2O4. The zero-order valence-corrected chi connectivity index (χ0v) is 9.51. The van der Waals surface area contributed by atoms with Crippen molar-refractivity contribution in [1.82, 2.24) is 0 Å². The first-order valence-electron chi connectivity index (χ1n) is 5.37. The summed E-state index contributed by atoms with van der Waals surface area (Å²) in [4.78, 5) is 10.5. The Balaban J connectivity index is 2.22. The van der Waals surface area contributed by atoms with Gasteiger partial charge < -0.3 is 14.8 Å². The number of nitrogens with zero attached hydrogens (tertiary/aromatic N) is 1. The molecule has 92 valence electrons. The van der Waals surface area contributed by atoms with E-state index in [0.29, 0.717) is 24.7 Å². The Labute approximate surface area is 98.7 Å². The minimum atomic E-state index is -0.416. The molecule has 2 rings (SSSR count). The van der Waals surface area contributed by atoms with E-state index < -0.39 is 4.92 Å². The number of methoxy groups -OCH3 is 1. The van der Waals surface area contributed by atoms with Crippen LogP contribution in [0, 0.1) is 10.1 Å². The second kappa shape index (κ2) is 5.01. The fraction of sp³-hybridized carbons (Fsp3) is 0.455. The maximum atomic E-state index is 10.9. The molecule has 0 saturated carbocycles. The van der Waals surface area contributed by atoms with Crippen molar-refractivity contribution in [2.45, 2.75) is 12.5 Å². The molecule has 1 N–H and O–H groups in total. The van der Waals surface area contributed by atoms with Crippen molar-refractivity contribution in [3.63, 3.8) is 0 Å². The van der Waals surface area contributed by atoms with E-state index in [1.54, 1.807) is 12.1 Å². The number of ether oxygens (including phenoxy) is 2. The van der Waals surface area contributed by atoms with E-state index >= 15 is 0 Å². The van der Waals surface area contributed by atoms with Crippen LogP contribution in [0.4, 0.5) is 11.4 Å². The average molecular weight is 238 g/mol. The van der Waals surface area contributed by atoms with Gasteiger partial charge in [-0.1, -0.05) is 0 Å². The molecule has 0 radical (unpaired) electrons. The molecule has 0 amide bonds. The van der Waals surface area contributed by atoms with Gasteiger partial charge in [0, 0.05) is 6.61 Å². The van der Waals surface area contributed by atoms with Gasteiger partial charge in [-0.05, 0) is 18.6 Å². The lowest BCUT2D eigenvalue weighted by atomic mass is 10.2. The lowest BCUT2D eigenvalue weighted by molar-refractivity contribution is -0.384. The van der Waals surface area contributed by atoms with Crippen LogP contribution < -0.4 is 10.1 Å². The summed E-state index contributed by atoms with van der Waals surface area (Å²) in [7, 11) is 1.48. The van der Waals surface area contributed by atoms with Crippen LogP contribution in [0.2, 0.25) is 0 Å². The van der Waals surface area contributed by atoms with Gasteiger partial charge in [0.1, 0.15) is 11.4 Å². The maximum absolute atomic E-state index is 10.9. The highest BCUT2D eigenvalue weighted by molar-refractivity contribution is 5.64. The highest BCUT2D eigenvalue weighted by atomic mass is 16.6. The van der Waals surface area contributed by atoms with Gasteiger partial charge in [0.05, 0.1) is 30.7 Å². The first-order chi connectivity index (χ1) is 8.20. The fourth-order valence-electron chi connectivity index (χ4n) is 1.78. The second-order valence-corrected chi connectivity index (χ2v) is 3.85. The van der Waals surface area contributed by atoms with E-state index in [0.717, 1.165) is 6.42 Å². The van der Waals surface area contributed by atoms with Crippen LogP contribution >= 0.6 is 0 Å². The summed E-state index contributed by atoms with van der Waals surface area (Å²) in [6.45, 7) is 1.28. The van der Waals surface area contributed by atoms with E-state index in [1.165, 1.54) is 13.2 Å². The van der Waals surface area contributed by atoms with E-state index in [2.05, 4.69) is 5.32 Å². The number of rotatable bonds is 4. The quantitative estimate of drug-likeness (QED) is 0.639. The molecule has 1 aliphatic rings. The monoisotopic (exact) mass is 238 g/mol. The predicted octanol–water partition coefficient (Wildman–Crippen LogP) is 1.80. The zero-order valence-electron chi connectivity index (χ0n) is 9.51. The highest BCUT2D eigenvalue weighted by Gasteiger charge is 2.21. The Morgan fingerprint density at radius 1 is 1.59 bits per heavy atom. The predicted molar refractivity (Wildman–Crippen MR) is 62.5 cm³/mol. The molecule has 1 aromatic rings. The molecule has 0 aliphatic carbocycles. The number of benzene rings is 1. The van der Waals surface area contributed by atoms with E-state index in [9.17, 15) is 10.1 Å². The summed E-state index contributed by atoms with van der Waals surface area (Å²) in [5.74, 6) is 0.477. The maximum Gasteiger partial charge on any atom is 0.296 e. The van der Waals surface area contributed by atoms with Crippen molar-refractivity contribution in [1.29, 1.82) is 0 Å². The van der Waals surface area contributed by atoms with Crippen molar-refractivity contribution in [3.8, 4) is 5.75 Å². The van der Waals surface area contributed by atoms with Gasteiger partial charge in [0.15, 0.2) is 0 Å².